The highest BCUT2D eigenvalue weighted by atomic mass is 16.5. The van der Waals surface area contributed by atoms with E-state index in [1.807, 2.05) is 13.0 Å². The van der Waals surface area contributed by atoms with Gasteiger partial charge >= 0.3 is 0 Å². The van der Waals surface area contributed by atoms with Crippen LogP contribution in [-0.2, 0) is 10.2 Å². The molecule has 1 aliphatic rings. The maximum Gasteiger partial charge on any atom is 0.255 e. The summed E-state index contributed by atoms with van der Waals surface area (Å²) in [7, 11) is 0. The lowest BCUT2D eigenvalue weighted by Gasteiger charge is -2.37. The molecule has 1 saturated heterocycles. The van der Waals surface area contributed by atoms with E-state index in [2.05, 4.69) is 22.4 Å². The van der Waals surface area contributed by atoms with Crippen molar-refractivity contribution in [3.05, 3.63) is 41.5 Å². The molecule has 0 unspecified atom stereocenters. The average Bonchev–Trinajstić information content (AvgIpc) is 3.14. The maximum atomic E-state index is 12.5. The Kier molecular flexibility index (Phi) is 5.96. The first-order valence-corrected chi connectivity index (χ1v) is 9.51. The fourth-order valence-corrected chi connectivity index (χ4v) is 3.30. The number of likely N-dealkylation sites (tertiary alicyclic amines) is 1. The van der Waals surface area contributed by atoms with Gasteiger partial charge in [-0.25, -0.2) is 0 Å². The summed E-state index contributed by atoms with van der Waals surface area (Å²) < 4.78 is 10.8. The highest BCUT2D eigenvalue weighted by Crippen LogP contribution is 2.33. The Balaban J connectivity index is 1.53. The molecule has 1 aromatic heterocycles. The highest BCUT2D eigenvalue weighted by molar-refractivity contribution is 5.98. The number of nitrogens with one attached hydrogen (secondary N) is 1. The van der Waals surface area contributed by atoms with Crippen molar-refractivity contribution in [3.8, 4) is 5.75 Å². The quantitative estimate of drug-likeness (QED) is 0.816. The summed E-state index contributed by atoms with van der Waals surface area (Å²) >= 11 is 0. The van der Waals surface area contributed by atoms with Crippen LogP contribution in [0.3, 0.4) is 0 Å². The minimum absolute atomic E-state index is 0.0460. The number of aromatic nitrogens is 2. The molecule has 1 aromatic carbocycles. The maximum absolute atomic E-state index is 12.5. The summed E-state index contributed by atoms with van der Waals surface area (Å²) in [6.07, 6.45) is 1.48. The van der Waals surface area contributed by atoms with Gasteiger partial charge in [0.2, 0.25) is 11.8 Å². The Bertz CT molecular complexity index is 840. The minimum Gasteiger partial charge on any atom is -0.493 e. The van der Waals surface area contributed by atoms with Crippen LogP contribution in [0.4, 0.5) is 0 Å². The summed E-state index contributed by atoms with van der Waals surface area (Å²) in [5.41, 5.74) is 0.202. The molecule has 150 valence electrons. The van der Waals surface area contributed by atoms with Gasteiger partial charge in [0.05, 0.1) is 24.1 Å². The third kappa shape index (κ3) is 4.32. The lowest BCUT2D eigenvalue weighted by Crippen LogP contribution is -2.47. The lowest BCUT2D eigenvalue weighted by molar-refractivity contribution is -0.131. The van der Waals surface area contributed by atoms with Gasteiger partial charge in [0.25, 0.3) is 5.91 Å². The van der Waals surface area contributed by atoms with E-state index >= 15 is 0 Å². The molecule has 1 fully saturated rings. The molecule has 0 bridgehead atoms. The molecule has 2 heterocycles. The zero-order chi connectivity index (χ0) is 20.1. The third-order valence-corrected chi connectivity index (χ3v) is 5.10. The fourth-order valence-electron chi connectivity index (χ4n) is 3.30. The number of ether oxygens (including phenoxy) is 1. The smallest absolute Gasteiger partial charge is 0.255 e. The summed E-state index contributed by atoms with van der Waals surface area (Å²) in [4.78, 5) is 31.1. The SMILES string of the molecule is CCOc1ccccc1C(=O)NCC(=O)N1CCC(C)(c2nc(C)no2)CC1. The van der Waals surface area contributed by atoms with E-state index in [-0.39, 0.29) is 23.8 Å². The molecule has 28 heavy (non-hydrogen) atoms. The summed E-state index contributed by atoms with van der Waals surface area (Å²) in [6.45, 7) is 7.32. The summed E-state index contributed by atoms with van der Waals surface area (Å²) in [5.74, 6) is 1.33. The predicted octanol–water partition coefficient (Wildman–Crippen LogP) is 2.09. The van der Waals surface area contributed by atoms with Gasteiger partial charge in [0.15, 0.2) is 5.82 Å². The van der Waals surface area contributed by atoms with E-state index in [0.717, 1.165) is 12.8 Å². The molecule has 2 aromatic rings. The fraction of sp³-hybridized carbons (Fsp3) is 0.500. The Morgan fingerprint density at radius 3 is 2.64 bits per heavy atom. The van der Waals surface area contributed by atoms with Crippen molar-refractivity contribution in [2.75, 3.05) is 26.2 Å². The molecular formula is C20H26N4O4. The molecule has 8 nitrogen and oxygen atoms in total. The largest absolute Gasteiger partial charge is 0.493 e. The molecule has 0 spiro atoms. The highest BCUT2D eigenvalue weighted by Gasteiger charge is 2.37. The van der Waals surface area contributed by atoms with Crippen LogP contribution >= 0.6 is 0 Å². The van der Waals surface area contributed by atoms with Crippen molar-refractivity contribution in [3.63, 3.8) is 0 Å². The number of rotatable bonds is 6. The standard InChI is InChI=1S/C20H26N4O4/c1-4-27-16-8-6-5-7-15(16)18(26)21-13-17(25)24-11-9-20(3,10-12-24)19-22-14(2)23-28-19/h5-8H,4,9-13H2,1-3H3,(H,21,26). The van der Waals surface area contributed by atoms with Gasteiger partial charge in [-0.3, -0.25) is 9.59 Å². The summed E-state index contributed by atoms with van der Waals surface area (Å²) in [6, 6.07) is 7.00. The van der Waals surface area contributed by atoms with Crippen LogP contribution in [0.1, 0.15) is 48.8 Å². The number of hydrogen-bond donors (Lipinski definition) is 1. The van der Waals surface area contributed by atoms with Crippen molar-refractivity contribution >= 4 is 11.8 Å². The van der Waals surface area contributed by atoms with E-state index in [0.29, 0.717) is 42.7 Å². The number of carbonyl (C=O) groups excluding carboxylic acids is 2. The van der Waals surface area contributed by atoms with Gasteiger partial charge in [-0.2, -0.15) is 4.98 Å². The Morgan fingerprint density at radius 2 is 2.00 bits per heavy atom. The third-order valence-electron chi connectivity index (χ3n) is 5.10. The van der Waals surface area contributed by atoms with Crippen LogP contribution in [0, 0.1) is 6.92 Å². The van der Waals surface area contributed by atoms with Gasteiger partial charge in [-0.1, -0.05) is 24.2 Å². The minimum atomic E-state index is -0.319. The zero-order valence-electron chi connectivity index (χ0n) is 16.5. The van der Waals surface area contributed by atoms with Crippen LogP contribution in [0.25, 0.3) is 0 Å². The summed E-state index contributed by atoms with van der Waals surface area (Å²) in [5, 5.41) is 6.56. The second kappa shape index (κ2) is 8.41. The van der Waals surface area contributed by atoms with Crippen LogP contribution in [-0.4, -0.2) is 53.1 Å². The number of para-hydroxylation sites is 1. The number of benzene rings is 1. The molecule has 3 rings (SSSR count). The van der Waals surface area contributed by atoms with Crippen LogP contribution < -0.4 is 10.1 Å². The topological polar surface area (TPSA) is 97.6 Å². The van der Waals surface area contributed by atoms with Gasteiger partial charge in [-0.15, -0.1) is 0 Å². The van der Waals surface area contributed by atoms with Crippen molar-refractivity contribution in [2.24, 2.45) is 0 Å². The van der Waals surface area contributed by atoms with Gasteiger partial charge in [0.1, 0.15) is 5.75 Å². The lowest BCUT2D eigenvalue weighted by atomic mass is 9.80. The van der Waals surface area contributed by atoms with Gasteiger partial charge in [-0.05, 0) is 38.8 Å². The molecule has 0 saturated carbocycles. The Hall–Kier alpha value is -2.90. The number of nitrogens with zero attached hydrogens (tertiary/aromatic N) is 3. The van der Waals surface area contributed by atoms with E-state index in [1.54, 1.807) is 30.0 Å². The van der Waals surface area contributed by atoms with E-state index in [4.69, 9.17) is 9.26 Å². The van der Waals surface area contributed by atoms with E-state index < -0.39 is 0 Å². The Morgan fingerprint density at radius 1 is 1.29 bits per heavy atom. The van der Waals surface area contributed by atoms with Crippen molar-refractivity contribution in [2.45, 2.75) is 39.0 Å². The number of piperidine rings is 1. The monoisotopic (exact) mass is 386 g/mol. The number of hydrogen-bond acceptors (Lipinski definition) is 6. The van der Waals surface area contributed by atoms with Gasteiger partial charge < -0.3 is 19.5 Å². The average molecular weight is 386 g/mol. The second-order valence-corrected chi connectivity index (χ2v) is 7.20. The van der Waals surface area contributed by atoms with Crippen LogP contribution in [0.5, 0.6) is 5.75 Å². The number of amides is 2. The molecule has 0 aliphatic carbocycles. The van der Waals surface area contributed by atoms with E-state index in [9.17, 15) is 9.59 Å². The molecule has 1 N–H and O–H groups in total. The van der Waals surface area contributed by atoms with Crippen LogP contribution in [0.2, 0.25) is 0 Å². The molecular weight excluding hydrogens is 360 g/mol. The second-order valence-electron chi connectivity index (χ2n) is 7.20. The van der Waals surface area contributed by atoms with Crippen molar-refractivity contribution < 1.29 is 18.8 Å². The Labute approximate surface area is 164 Å². The molecule has 1 aliphatic heterocycles. The molecule has 0 radical (unpaired) electrons. The molecule has 8 heteroatoms. The first kappa shape index (κ1) is 19.9. The first-order chi connectivity index (χ1) is 13.4. The normalized spacial score (nSPS) is 15.9. The van der Waals surface area contributed by atoms with Crippen molar-refractivity contribution in [1.29, 1.82) is 0 Å². The van der Waals surface area contributed by atoms with Gasteiger partial charge in [0, 0.05) is 13.1 Å². The zero-order valence-corrected chi connectivity index (χ0v) is 16.5. The molecule has 2 amide bonds. The first-order valence-electron chi connectivity index (χ1n) is 9.51. The predicted molar refractivity (Wildman–Crippen MR) is 102 cm³/mol. The van der Waals surface area contributed by atoms with E-state index in [1.165, 1.54) is 0 Å². The number of aryl methyl sites for hydroxylation is 1. The molecule has 0 atom stereocenters. The number of carbonyl (C=O) groups is 2. The van der Waals surface area contributed by atoms with Crippen LogP contribution in [0.15, 0.2) is 28.8 Å². The van der Waals surface area contributed by atoms with Crippen molar-refractivity contribution in [1.82, 2.24) is 20.4 Å².